The van der Waals surface area contributed by atoms with Gasteiger partial charge >= 0.3 is 5.97 Å². The molecule has 1 rings (SSSR count). The normalized spacial score (nSPS) is 13.3. The highest BCUT2D eigenvalue weighted by Crippen LogP contribution is 2.06. The van der Waals surface area contributed by atoms with Crippen LogP contribution in [0.5, 0.6) is 0 Å². The molecule has 0 aliphatic heterocycles. The Kier molecular flexibility index (Phi) is 12.8. The second kappa shape index (κ2) is 15.3. The Morgan fingerprint density at radius 1 is 1.00 bits per heavy atom. The van der Waals surface area contributed by atoms with Crippen LogP contribution in [0.15, 0.2) is 35.3 Å². The summed E-state index contributed by atoms with van der Waals surface area (Å²) in [6, 6.07) is 6.26. The van der Waals surface area contributed by atoms with Crippen molar-refractivity contribution < 1.29 is 24.3 Å². The number of nitrogens with zero attached hydrogens (tertiary/aromatic N) is 1. The van der Waals surface area contributed by atoms with Gasteiger partial charge in [0.2, 0.25) is 17.7 Å². The highest BCUT2D eigenvalue weighted by molar-refractivity contribution is 5.92. The van der Waals surface area contributed by atoms with Crippen LogP contribution >= 0.6 is 0 Å². The molecule has 0 aliphatic carbocycles. The number of carboxylic acid groups (broad SMARTS) is 1. The number of carbonyl (C=O) groups is 4. The molecule has 0 spiro atoms. The highest BCUT2D eigenvalue weighted by atomic mass is 16.4. The first-order valence-corrected chi connectivity index (χ1v) is 11.4. The Hall–Kier alpha value is -3.67. The van der Waals surface area contributed by atoms with Crippen LogP contribution in [0.2, 0.25) is 0 Å². The van der Waals surface area contributed by atoms with Crippen LogP contribution in [0.3, 0.4) is 0 Å². The smallest absolute Gasteiger partial charge is 0.326 e. The van der Waals surface area contributed by atoms with Crippen LogP contribution in [-0.4, -0.2) is 66.0 Å². The second-order valence-corrected chi connectivity index (χ2v) is 8.61. The Bertz CT molecular complexity index is 872. The van der Waals surface area contributed by atoms with Gasteiger partial charge in [-0.1, -0.05) is 44.2 Å². The lowest BCUT2D eigenvalue weighted by atomic mass is 10.0. The summed E-state index contributed by atoms with van der Waals surface area (Å²) >= 11 is 0. The molecule has 0 bridgehead atoms. The maximum Gasteiger partial charge on any atom is 0.326 e. The van der Waals surface area contributed by atoms with E-state index in [0.29, 0.717) is 6.42 Å². The van der Waals surface area contributed by atoms with Gasteiger partial charge in [-0.25, -0.2) is 4.79 Å². The number of rotatable bonds is 15. The summed E-state index contributed by atoms with van der Waals surface area (Å²) in [7, 11) is 0. The van der Waals surface area contributed by atoms with Crippen molar-refractivity contribution in [2.75, 3.05) is 13.1 Å². The molecule has 35 heavy (non-hydrogen) atoms. The quantitative estimate of drug-likeness (QED) is 0.0898. The molecule has 0 radical (unpaired) electrons. The monoisotopic (exact) mass is 491 g/mol. The van der Waals surface area contributed by atoms with Crippen LogP contribution in [-0.2, 0) is 25.6 Å². The highest BCUT2D eigenvalue weighted by Gasteiger charge is 2.25. The first-order valence-electron chi connectivity index (χ1n) is 11.4. The zero-order valence-electron chi connectivity index (χ0n) is 20.2. The number of benzene rings is 1. The van der Waals surface area contributed by atoms with Gasteiger partial charge in [-0.3, -0.25) is 19.4 Å². The molecule has 1 aromatic rings. The molecule has 194 valence electrons. The minimum atomic E-state index is -1.16. The van der Waals surface area contributed by atoms with E-state index in [-0.39, 0.29) is 37.7 Å². The molecular formula is C23H37N7O5. The van der Waals surface area contributed by atoms with E-state index in [1.54, 1.807) is 0 Å². The van der Waals surface area contributed by atoms with Crippen LogP contribution in [0.25, 0.3) is 0 Å². The molecule has 12 heteroatoms. The third-order valence-corrected chi connectivity index (χ3v) is 4.98. The first kappa shape index (κ1) is 29.4. The lowest BCUT2D eigenvalue weighted by molar-refractivity contribution is -0.142. The number of aliphatic carboxylic acids is 1. The lowest BCUT2D eigenvalue weighted by Crippen LogP contribution is -2.54. The van der Waals surface area contributed by atoms with Crippen molar-refractivity contribution in [3.63, 3.8) is 0 Å². The van der Waals surface area contributed by atoms with Gasteiger partial charge in [-0.2, -0.15) is 0 Å². The number of hydrogen-bond donors (Lipinski definition) is 7. The summed E-state index contributed by atoms with van der Waals surface area (Å²) < 4.78 is 0. The molecule has 0 saturated carbocycles. The zero-order valence-corrected chi connectivity index (χ0v) is 20.2. The maximum atomic E-state index is 12.7. The van der Waals surface area contributed by atoms with Crippen molar-refractivity contribution in [1.82, 2.24) is 16.0 Å². The molecule has 0 fully saturated rings. The van der Waals surface area contributed by atoms with Gasteiger partial charge in [0.05, 0.1) is 12.6 Å². The summed E-state index contributed by atoms with van der Waals surface area (Å²) in [5, 5.41) is 16.7. The van der Waals surface area contributed by atoms with E-state index in [1.807, 2.05) is 44.2 Å². The van der Waals surface area contributed by atoms with Crippen molar-refractivity contribution in [3.8, 4) is 0 Å². The predicted molar refractivity (Wildman–Crippen MR) is 132 cm³/mol. The standard InChI is InChI=1S/C23H37N7O5/c1-14(2)11-18(22(34)35)29-19(31)13-28-21(33)17(9-6-10-27-23(25)26)30-20(32)16(24)12-15-7-4-3-5-8-15/h3-5,7-8,14,16-18H,6,9-13,24H2,1-2H3,(H,28,33)(H,29,31)(H,30,32)(H,34,35)(H4,25,26,27). The first-order chi connectivity index (χ1) is 16.5. The third kappa shape index (κ3) is 12.4. The van der Waals surface area contributed by atoms with Crippen LogP contribution in [0, 0.1) is 5.92 Å². The Labute approximate surface area is 205 Å². The molecule has 3 atom stereocenters. The van der Waals surface area contributed by atoms with Crippen LogP contribution in [0.4, 0.5) is 0 Å². The number of nitrogens with two attached hydrogens (primary N) is 3. The average molecular weight is 492 g/mol. The third-order valence-electron chi connectivity index (χ3n) is 4.98. The number of hydrogen-bond acceptors (Lipinski definition) is 6. The van der Waals surface area contributed by atoms with E-state index >= 15 is 0 Å². The topological polar surface area (TPSA) is 215 Å². The van der Waals surface area contributed by atoms with E-state index in [1.165, 1.54) is 0 Å². The minimum absolute atomic E-state index is 0.0518. The van der Waals surface area contributed by atoms with Crippen LogP contribution in [0.1, 0.15) is 38.7 Å². The number of amides is 3. The van der Waals surface area contributed by atoms with E-state index in [2.05, 4.69) is 20.9 Å². The van der Waals surface area contributed by atoms with Crippen molar-refractivity contribution in [2.45, 2.75) is 57.7 Å². The van der Waals surface area contributed by atoms with E-state index < -0.39 is 48.4 Å². The Balaban J connectivity index is 2.73. The zero-order chi connectivity index (χ0) is 26.4. The fraction of sp³-hybridized carbons (Fsp3) is 0.522. The van der Waals surface area contributed by atoms with Gasteiger partial charge < -0.3 is 38.3 Å². The molecule has 0 aromatic heterocycles. The molecule has 0 aliphatic rings. The summed E-state index contributed by atoms with van der Waals surface area (Å²) in [6.07, 6.45) is 1.10. The van der Waals surface area contributed by atoms with Crippen molar-refractivity contribution in [3.05, 3.63) is 35.9 Å². The molecule has 3 unspecified atom stereocenters. The molecule has 0 heterocycles. The molecule has 1 aromatic carbocycles. The summed E-state index contributed by atoms with van der Waals surface area (Å²) in [6.45, 7) is 3.47. The number of carboxylic acids is 1. The van der Waals surface area contributed by atoms with E-state index in [4.69, 9.17) is 17.2 Å². The lowest BCUT2D eigenvalue weighted by Gasteiger charge is -2.21. The largest absolute Gasteiger partial charge is 0.480 e. The number of aliphatic imine (C=N–C) groups is 1. The predicted octanol–water partition coefficient (Wildman–Crippen LogP) is -1.17. The van der Waals surface area contributed by atoms with Gasteiger partial charge in [0, 0.05) is 6.54 Å². The molecule has 3 amide bonds. The SMILES string of the molecule is CC(C)CC(NC(=O)CNC(=O)C(CCCN=C(N)N)NC(=O)C(N)Cc1ccccc1)C(=O)O. The molecular weight excluding hydrogens is 454 g/mol. The molecule has 10 N–H and O–H groups in total. The number of nitrogens with one attached hydrogen (secondary N) is 3. The van der Waals surface area contributed by atoms with Gasteiger partial charge in [0.25, 0.3) is 0 Å². The average Bonchev–Trinajstić information content (AvgIpc) is 2.78. The Morgan fingerprint density at radius 2 is 1.66 bits per heavy atom. The number of guanidine groups is 1. The van der Waals surface area contributed by atoms with E-state index in [9.17, 15) is 24.3 Å². The van der Waals surface area contributed by atoms with Crippen molar-refractivity contribution >= 4 is 29.7 Å². The second-order valence-electron chi connectivity index (χ2n) is 8.61. The summed E-state index contributed by atoms with van der Waals surface area (Å²) in [5.74, 6) is -2.99. The summed E-state index contributed by atoms with van der Waals surface area (Å²) in [5.41, 5.74) is 17.5. The van der Waals surface area contributed by atoms with Gasteiger partial charge in [-0.15, -0.1) is 0 Å². The maximum absolute atomic E-state index is 12.7. The minimum Gasteiger partial charge on any atom is -0.480 e. The Morgan fingerprint density at radius 3 is 2.23 bits per heavy atom. The van der Waals surface area contributed by atoms with E-state index in [0.717, 1.165) is 5.56 Å². The fourth-order valence-corrected chi connectivity index (χ4v) is 3.24. The van der Waals surface area contributed by atoms with Crippen LogP contribution < -0.4 is 33.2 Å². The molecule has 0 saturated heterocycles. The summed E-state index contributed by atoms with van der Waals surface area (Å²) in [4.78, 5) is 52.8. The van der Waals surface area contributed by atoms with Crippen molar-refractivity contribution in [2.24, 2.45) is 28.1 Å². The number of carbonyl (C=O) groups excluding carboxylic acids is 3. The van der Waals surface area contributed by atoms with Crippen molar-refractivity contribution in [1.29, 1.82) is 0 Å². The van der Waals surface area contributed by atoms with Gasteiger partial charge in [0.1, 0.15) is 12.1 Å². The molecule has 12 nitrogen and oxygen atoms in total. The fourth-order valence-electron chi connectivity index (χ4n) is 3.24. The van der Waals surface area contributed by atoms with Gasteiger partial charge in [-0.05, 0) is 37.2 Å². The van der Waals surface area contributed by atoms with Gasteiger partial charge in [0.15, 0.2) is 5.96 Å².